The Labute approximate surface area is 129 Å². The van der Waals surface area contributed by atoms with E-state index in [1.54, 1.807) is 7.11 Å². The normalized spacial score (nSPS) is 12.2. The average molecular weight is 354 g/mol. The molecule has 2 aromatic carbocycles. The van der Waals surface area contributed by atoms with Crippen LogP contribution in [-0.2, 0) is 23.1 Å². The van der Waals surface area contributed by atoms with Crippen molar-refractivity contribution < 1.29 is 8.95 Å². The van der Waals surface area contributed by atoms with E-state index in [4.69, 9.17) is 10.5 Å². The van der Waals surface area contributed by atoms with Gasteiger partial charge in [-0.2, -0.15) is 0 Å². The van der Waals surface area contributed by atoms with Crippen LogP contribution in [0.2, 0.25) is 0 Å². The Morgan fingerprint density at radius 3 is 2.50 bits per heavy atom. The molecule has 0 radical (unpaired) electrons. The fourth-order valence-electron chi connectivity index (χ4n) is 1.88. The Morgan fingerprint density at radius 1 is 1.20 bits per heavy atom. The highest BCUT2D eigenvalue weighted by Gasteiger charge is 2.10. The minimum atomic E-state index is -1.11. The van der Waals surface area contributed by atoms with Crippen LogP contribution < -0.4 is 10.5 Å². The van der Waals surface area contributed by atoms with E-state index in [1.165, 1.54) is 0 Å². The summed E-state index contributed by atoms with van der Waals surface area (Å²) >= 11 is 3.37. The molecular weight excluding hydrogens is 338 g/mol. The summed E-state index contributed by atoms with van der Waals surface area (Å²) in [5.74, 6) is 1.16. The summed E-state index contributed by atoms with van der Waals surface area (Å²) in [5.41, 5.74) is 7.57. The zero-order valence-corrected chi connectivity index (χ0v) is 13.5. The lowest BCUT2D eigenvalue weighted by Crippen LogP contribution is -2.02. The summed E-state index contributed by atoms with van der Waals surface area (Å²) in [4.78, 5) is 0.799. The first-order valence-corrected chi connectivity index (χ1v) is 8.25. The quantitative estimate of drug-likeness (QED) is 0.897. The number of methoxy groups -OCH3 is 1. The van der Waals surface area contributed by atoms with E-state index in [9.17, 15) is 4.21 Å². The lowest BCUT2D eigenvalue weighted by molar-refractivity contribution is 0.411. The van der Waals surface area contributed by atoms with E-state index in [0.29, 0.717) is 12.3 Å². The van der Waals surface area contributed by atoms with Crippen molar-refractivity contribution in [3.05, 3.63) is 58.1 Å². The molecule has 0 aliphatic heterocycles. The molecule has 2 N–H and O–H groups in total. The number of hydrogen-bond donors (Lipinski definition) is 1. The first kappa shape index (κ1) is 15.2. The maximum absolute atomic E-state index is 12.4. The lowest BCUT2D eigenvalue weighted by Gasteiger charge is -2.10. The Kier molecular flexibility index (Phi) is 5.34. The topological polar surface area (TPSA) is 52.3 Å². The summed E-state index contributed by atoms with van der Waals surface area (Å²) in [5, 5.41) is 0. The monoisotopic (exact) mass is 353 g/mol. The third-order valence-electron chi connectivity index (χ3n) is 2.94. The second-order valence-corrected chi connectivity index (χ2v) is 6.66. The SMILES string of the molecule is COc1ccc(CN)cc1CS(=O)c1ccc(Br)cc1. The highest BCUT2D eigenvalue weighted by atomic mass is 79.9. The van der Waals surface area contributed by atoms with Crippen LogP contribution in [0.25, 0.3) is 0 Å². The van der Waals surface area contributed by atoms with E-state index < -0.39 is 10.8 Å². The highest BCUT2D eigenvalue weighted by molar-refractivity contribution is 9.10. The predicted octanol–water partition coefficient (Wildman–Crippen LogP) is 3.22. The fourth-order valence-corrected chi connectivity index (χ4v) is 3.26. The molecular formula is C15H16BrNO2S. The molecule has 5 heteroatoms. The summed E-state index contributed by atoms with van der Waals surface area (Å²) < 4.78 is 18.7. The molecule has 0 aliphatic carbocycles. The van der Waals surface area contributed by atoms with Gasteiger partial charge >= 0.3 is 0 Å². The van der Waals surface area contributed by atoms with E-state index >= 15 is 0 Å². The number of hydrogen-bond acceptors (Lipinski definition) is 3. The molecule has 20 heavy (non-hydrogen) atoms. The molecule has 0 saturated heterocycles. The molecule has 106 valence electrons. The van der Waals surface area contributed by atoms with Gasteiger partial charge in [0.05, 0.1) is 23.7 Å². The van der Waals surface area contributed by atoms with Crippen LogP contribution in [0.4, 0.5) is 0 Å². The molecule has 0 aliphatic rings. The molecule has 2 aromatic rings. The van der Waals surface area contributed by atoms with E-state index in [1.807, 2.05) is 42.5 Å². The van der Waals surface area contributed by atoms with Crippen LogP contribution in [0.1, 0.15) is 11.1 Å². The van der Waals surface area contributed by atoms with Crippen LogP contribution in [0.5, 0.6) is 5.75 Å². The van der Waals surface area contributed by atoms with E-state index in [2.05, 4.69) is 15.9 Å². The minimum Gasteiger partial charge on any atom is -0.496 e. The molecule has 1 atom stereocenters. The van der Waals surface area contributed by atoms with Gasteiger partial charge in [0.2, 0.25) is 0 Å². The molecule has 1 unspecified atom stereocenters. The van der Waals surface area contributed by atoms with Gasteiger partial charge in [-0.3, -0.25) is 4.21 Å². The fraction of sp³-hybridized carbons (Fsp3) is 0.200. The molecule has 0 spiro atoms. The van der Waals surface area contributed by atoms with E-state index in [-0.39, 0.29) is 0 Å². The average Bonchev–Trinajstić information content (AvgIpc) is 2.47. The Bertz CT molecular complexity index is 614. The van der Waals surface area contributed by atoms with Gasteiger partial charge in [-0.25, -0.2) is 0 Å². The molecule has 3 nitrogen and oxygen atoms in total. The number of rotatable bonds is 5. The molecule has 2 rings (SSSR count). The largest absolute Gasteiger partial charge is 0.496 e. The Morgan fingerprint density at radius 2 is 1.90 bits per heavy atom. The van der Waals surface area contributed by atoms with Crippen molar-refractivity contribution in [3.63, 3.8) is 0 Å². The van der Waals surface area contributed by atoms with Crippen molar-refractivity contribution in [1.82, 2.24) is 0 Å². The third-order valence-corrected chi connectivity index (χ3v) is 4.84. The first-order valence-electron chi connectivity index (χ1n) is 6.14. The van der Waals surface area contributed by atoms with Gasteiger partial charge in [-0.15, -0.1) is 0 Å². The Balaban J connectivity index is 2.24. The molecule has 0 bridgehead atoms. The smallest absolute Gasteiger partial charge is 0.123 e. The summed E-state index contributed by atoms with van der Waals surface area (Å²) in [7, 11) is 0.508. The highest BCUT2D eigenvalue weighted by Crippen LogP contribution is 2.24. The lowest BCUT2D eigenvalue weighted by atomic mass is 10.1. The van der Waals surface area contributed by atoms with Crippen molar-refractivity contribution in [2.75, 3.05) is 7.11 Å². The van der Waals surface area contributed by atoms with Crippen LogP contribution >= 0.6 is 15.9 Å². The number of nitrogens with two attached hydrogens (primary N) is 1. The number of halogens is 1. The first-order chi connectivity index (χ1) is 9.63. The zero-order chi connectivity index (χ0) is 14.5. The van der Waals surface area contributed by atoms with Gasteiger partial charge in [-0.1, -0.05) is 22.0 Å². The second kappa shape index (κ2) is 7.02. The van der Waals surface area contributed by atoms with Crippen molar-refractivity contribution in [1.29, 1.82) is 0 Å². The van der Waals surface area contributed by atoms with Gasteiger partial charge in [0.15, 0.2) is 0 Å². The zero-order valence-electron chi connectivity index (χ0n) is 11.1. The standard InChI is InChI=1S/C15H16BrNO2S/c1-19-15-7-2-11(9-17)8-12(15)10-20(18)14-5-3-13(16)4-6-14/h2-8H,9-10,17H2,1H3. The molecule has 0 heterocycles. The maximum atomic E-state index is 12.4. The van der Waals surface area contributed by atoms with Crippen molar-refractivity contribution in [2.24, 2.45) is 5.73 Å². The molecule has 0 saturated carbocycles. The van der Waals surface area contributed by atoms with Gasteiger partial charge in [-0.05, 0) is 42.0 Å². The molecule has 0 aromatic heterocycles. The minimum absolute atomic E-state index is 0.415. The third kappa shape index (κ3) is 3.69. The molecule has 0 fully saturated rings. The van der Waals surface area contributed by atoms with Gasteiger partial charge in [0.1, 0.15) is 5.75 Å². The van der Waals surface area contributed by atoms with Crippen molar-refractivity contribution in [3.8, 4) is 5.75 Å². The van der Waals surface area contributed by atoms with Crippen LogP contribution in [-0.4, -0.2) is 11.3 Å². The summed E-state index contributed by atoms with van der Waals surface area (Å²) in [6, 6.07) is 13.2. The number of ether oxygens (including phenoxy) is 1. The van der Waals surface area contributed by atoms with Crippen molar-refractivity contribution >= 4 is 26.7 Å². The van der Waals surface area contributed by atoms with Crippen molar-refractivity contribution in [2.45, 2.75) is 17.2 Å². The van der Waals surface area contributed by atoms with E-state index in [0.717, 1.165) is 26.2 Å². The van der Waals surface area contributed by atoms with Crippen LogP contribution in [0, 0.1) is 0 Å². The summed E-state index contributed by atoms with van der Waals surface area (Å²) in [6.45, 7) is 0.460. The van der Waals surface area contributed by atoms with Gasteiger partial charge < -0.3 is 10.5 Å². The second-order valence-electron chi connectivity index (χ2n) is 4.29. The maximum Gasteiger partial charge on any atom is 0.123 e. The molecule has 0 amide bonds. The van der Waals surface area contributed by atoms with Crippen LogP contribution in [0.15, 0.2) is 51.8 Å². The van der Waals surface area contributed by atoms with Crippen LogP contribution in [0.3, 0.4) is 0 Å². The summed E-state index contributed by atoms with van der Waals surface area (Å²) in [6.07, 6.45) is 0. The van der Waals surface area contributed by atoms with Gasteiger partial charge in [0, 0.05) is 21.5 Å². The number of benzene rings is 2. The van der Waals surface area contributed by atoms with Gasteiger partial charge in [0.25, 0.3) is 0 Å². The predicted molar refractivity (Wildman–Crippen MR) is 85.1 cm³/mol. The Hall–Kier alpha value is -1.17.